The molecule has 90 valence electrons. The lowest BCUT2D eigenvalue weighted by molar-refractivity contribution is 1.42. The third-order valence-electron chi connectivity index (χ3n) is 2.65. The van der Waals surface area contributed by atoms with Gasteiger partial charge in [0.2, 0.25) is 0 Å². The highest BCUT2D eigenvalue weighted by atomic mass is 35.5. The summed E-state index contributed by atoms with van der Waals surface area (Å²) >= 11 is 7.57. The third-order valence-corrected chi connectivity index (χ3v) is 3.82. The van der Waals surface area contributed by atoms with E-state index in [1.807, 2.05) is 30.3 Å². The minimum atomic E-state index is 0.744. The molecular weight excluding hydrogens is 264 g/mol. The first-order valence-corrected chi connectivity index (χ1v) is 6.80. The van der Waals surface area contributed by atoms with E-state index in [0.717, 1.165) is 26.1 Å². The lowest BCUT2D eigenvalue weighted by Gasteiger charge is -2.01. The molecule has 0 aliphatic carbocycles. The molecular formula is C14H11ClN2S. The van der Waals surface area contributed by atoms with Crippen molar-refractivity contribution in [3.63, 3.8) is 0 Å². The number of anilines is 2. The number of benzene rings is 2. The molecule has 0 fully saturated rings. The Morgan fingerprint density at radius 2 is 1.89 bits per heavy atom. The topological polar surface area (TPSA) is 24.9 Å². The molecule has 1 N–H and O–H groups in total. The minimum absolute atomic E-state index is 0.744. The molecule has 0 aliphatic rings. The zero-order valence-electron chi connectivity index (χ0n) is 9.77. The van der Waals surface area contributed by atoms with Gasteiger partial charge in [-0.2, -0.15) is 0 Å². The highest BCUT2D eigenvalue weighted by Gasteiger charge is 2.04. The van der Waals surface area contributed by atoms with Crippen LogP contribution in [0.5, 0.6) is 0 Å². The standard InChI is InChI=1S/C14H11ClN2S/c1-9-2-5-11(6-3-9)16-14-17-12-7-4-10(15)8-13(12)18-14/h2-8H,1H3,(H,16,17). The Bertz CT molecular complexity index is 689. The normalized spacial score (nSPS) is 10.8. The quantitative estimate of drug-likeness (QED) is 0.711. The maximum Gasteiger partial charge on any atom is 0.188 e. The Kier molecular flexibility index (Phi) is 2.94. The summed E-state index contributed by atoms with van der Waals surface area (Å²) in [6, 6.07) is 14.0. The highest BCUT2D eigenvalue weighted by molar-refractivity contribution is 7.22. The maximum atomic E-state index is 5.96. The number of rotatable bonds is 2. The fourth-order valence-corrected chi connectivity index (χ4v) is 2.87. The Morgan fingerprint density at radius 1 is 1.11 bits per heavy atom. The summed E-state index contributed by atoms with van der Waals surface area (Å²) in [4.78, 5) is 4.52. The SMILES string of the molecule is Cc1ccc(Nc2nc3ccc(Cl)cc3s2)cc1. The van der Waals surface area contributed by atoms with E-state index >= 15 is 0 Å². The van der Waals surface area contributed by atoms with E-state index in [1.165, 1.54) is 5.56 Å². The van der Waals surface area contributed by atoms with Gasteiger partial charge in [-0.1, -0.05) is 40.6 Å². The second kappa shape index (κ2) is 4.59. The summed E-state index contributed by atoms with van der Waals surface area (Å²) in [6.07, 6.45) is 0. The van der Waals surface area contributed by atoms with E-state index in [1.54, 1.807) is 11.3 Å². The number of aromatic nitrogens is 1. The Balaban J connectivity index is 1.92. The predicted molar refractivity (Wildman–Crippen MR) is 79.1 cm³/mol. The lowest BCUT2D eigenvalue weighted by atomic mass is 10.2. The van der Waals surface area contributed by atoms with Crippen LogP contribution in [-0.4, -0.2) is 4.98 Å². The van der Waals surface area contributed by atoms with Gasteiger partial charge in [-0.25, -0.2) is 4.98 Å². The summed E-state index contributed by atoms with van der Waals surface area (Å²) < 4.78 is 1.09. The van der Waals surface area contributed by atoms with Crippen LogP contribution in [0.2, 0.25) is 5.02 Å². The fourth-order valence-electron chi connectivity index (χ4n) is 1.71. The lowest BCUT2D eigenvalue weighted by Crippen LogP contribution is -1.88. The van der Waals surface area contributed by atoms with Crippen molar-refractivity contribution in [2.24, 2.45) is 0 Å². The first kappa shape index (κ1) is 11.5. The number of hydrogen-bond donors (Lipinski definition) is 1. The zero-order chi connectivity index (χ0) is 12.5. The van der Waals surface area contributed by atoms with E-state index in [9.17, 15) is 0 Å². The van der Waals surface area contributed by atoms with Crippen molar-refractivity contribution in [1.82, 2.24) is 4.98 Å². The van der Waals surface area contributed by atoms with Gasteiger partial charge in [-0.15, -0.1) is 0 Å². The van der Waals surface area contributed by atoms with Crippen LogP contribution in [0.4, 0.5) is 10.8 Å². The van der Waals surface area contributed by atoms with E-state index in [-0.39, 0.29) is 0 Å². The number of nitrogens with zero attached hydrogens (tertiary/aromatic N) is 1. The van der Waals surface area contributed by atoms with Gasteiger partial charge in [-0.3, -0.25) is 0 Å². The monoisotopic (exact) mass is 274 g/mol. The van der Waals surface area contributed by atoms with Crippen molar-refractivity contribution in [2.75, 3.05) is 5.32 Å². The van der Waals surface area contributed by atoms with E-state index in [4.69, 9.17) is 11.6 Å². The largest absolute Gasteiger partial charge is 0.332 e. The van der Waals surface area contributed by atoms with E-state index in [2.05, 4.69) is 29.4 Å². The van der Waals surface area contributed by atoms with Crippen molar-refractivity contribution in [3.05, 3.63) is 53.1 Å². The molecule has 3 aromatic rings. The van der Waals surface area contributed by atoms with Crippen LogP contribution < -0.4 is 5.32 Å². The molecule has 0 bridgehead atoms. The average Bonchev–Trinajstić information content (AvgIpc) is 2.73. The molecule has 0 atom stereocenters. The van der Waals surface area contributed by atoms with Crippen LogP contribution >= 0.6 is 22.9 Å². The molecule has 2 aromatic carbocycles. The zero-order valence-corrected chi connectivity index (χ0v) is 11.3. The Morgan fingerprint density at radius 3 is 2.67 bits per heavy atom. The van der Waals surface area contributed by atoms with E-state index in [0.29, 0.717) is 0 Å². The van der Waals surface area contributed by atoms with Crippen molar-refractivity contribution in [3.8, 4) is 0 Å². The molecule has 1 heterocycles. The number of nitrogens with one attached hydrogen (secondary N) is 1. The molecule has 18 heavy (non-hydrogen) atoms. The summed E-state index contributed by atoms with van der Waals surface area (Å²) in [5.74, 6) is 0. The number of fused-ring (bicyclic) bond motifs is 1. The average molecular weight is 275 g/mol. The number of hydrogen-bond acceptors (Lipinski definition) is 3. The maximum absolute atomic E-state index is 5.96. The molecule has 0 saturated carbocycles. The molecule has 2 nitrogen and oxygen atoms in total. The van der Waals surface area contributed by atoms with Gasteiger partial charge in [0.25, 0.3) is 0 Å². The molecule has 0 aliphatic heterocycles. The van der Waals surface area contributed by atoms with Gasteiger partial charge >= 0.3 is 0 Å². The van der Waals surface area contributed by atoms with Gasteiger partial charge < -0.3 is 5.32 Å². The van der Waals surface area contributed by atoms with Gasteiger partial charge in [0.1, 0.15) is 0 Å². The second-order valence-corrected chi connectivity index (χ2v) is 5.59. The molecule has 4 heteroatoms. The highest BCUT2D eigenvalue weighted by Crippen LogP contribution is 2.30. The van der Waals surface area contributed by atoms with Gasteiger partial charge in [0, 0.05) is 10.7 Å². The Hall–Kier alpha value is -1.58. The molecule has 3 rings (SSSR count). The van der Waals surface area contributed by atoms with Crippen LogP contribution in [-0.2, 0) is 0 Å². The Labute approximate surface area is 114 Å². The van der Waals surface area contributed by atoms with Crippen molar-refractivity contribution in [2.45, 2.75) is 6.92 Å². The van der Waals surface area contributed by atoms with Gasteiger partial charge in [0.15, 0.2) is 5.13 Å². The summed E-state index contributed by atoms with van der Waals surface area (Å²) in [5, 5.41) is 4.93. The second-order valence-electron chi connectivity index (χ2n) is 4.12. The molecule has 0 unspecified atom stereocenters. The third kappa shape index (κ3) is 2.33. The molecule has 0 spiro atoms. The first-order valence-electron chi connectivity index (χ1n) is 5.60. The summed E-state index contributed by atoms with van der Waals surface area (Å²) in [5.41, 5.74) is 3.27. The number of halogens is 1. The molecule has 0 radical (unpaired) electrons. The molecule has 0 saturated heterocycles. The number of aryl methyl sites for hydroxylation is 1. The van der Waals surface area contributed by atoms with Crippen molar-refractivity contribution >= 4 is 44.0 Å². The number of thiazole rings is 1. The molecule has 0 amide bonds. The van der Waals surface area contributed by atoms with Crippen LogP contribution in [0.3, 0.4) is 0 Å². The summed E-state index contributed by atoms with van der Waals surface area (Å²) in [6.45, 7) is 2.07. The van der Waals surface area contributed by atoms with Crippen molar-refractivity contribution < 1.29 is 0 Å². The van der Waals surface area contributed by atoms with Crippen LogP contribution in [0.1, 0.15) is 5.56 Å². The minimum Gasteiger partial charge on any atom is -0.332 e. The van der Waals surface area contributed by atoms with Crippen LogP contribution in [0.15, 0.2) is 42.5 Å². The smallest absolute Gasteiger partial charge is 0.188 e. The van der Waals surface area contributed by atoms with Crippen LogP contribution in [0.25, 0.3) is 10.2 Å². The molecule has 1 aromatic heterocycles. The van der Waals surface area contributed by atoms with Crippen LogP contribution in [0, 0.1) is 6.92 Å². The first-order chi connectivity index (χ1) is 8.70. The van der Waals surface area contributed by atoms with E-state index < -0.39 is 0 Å². The predicted octanol–water partition coefficient (Wildman–Crippen LogP) is 5.00. The summed E-state index contributed by atoms with van der Waals surface area (Å²) in [7, 11) is 0. The fraction of sp³-hybridized carbons (Fsp3) is 0.0714. The van der Waals surface area contributed by atoms with Gasteiger partial charge in [0.05, 0.1) is 10.2 Å². The van der Waals surface area contributed by atoms with Crippen molar-refractivity contribution in [1.29, 1.82) is 0 Å². The van der Waals surface area contributed by atoms with Gasteiger partial charge in [-0.05, 0) is 37.3 Å².